The number of carbonyl (C=O) groups is 1. The highest BCUT2D eigenvalue weighted by atomic mass is 32.2. The SMILES string of the molecule is CC(C)C(=O)NCCS(=O)O. The minimum Gasteiger partial charge on any atom is -0.355 e. The molecule has 1 amide bonds. The molecule has 1 unspecified atom stereocenters. The molecule has 0 rings (SSSR count). The molecule has 0 spiro atoms. The largest absolute Gasteiger partial charge is 0.355 e. The molecule has 0 heterocycles. The quantitative estimate of drug-likeness (QED) is 0.596. The van der Waals surface area contributed by atoms with Gasteiger partial charge in [-0.2, -0.15) is 0 Å². The molecule has 0 aromatic carbocycles. The third kappa shape index (κ3) is 6.00. The van der Waals surface area contributed by atoms with Gasteiger partial charge in [0.25, 0.3) is 0 Å². The summed E-state index contributed by atoms with van der Waals surface area (Å²) >= 11 is -1.81. The molecule has 0 fully saturated rings. The molecule has 0 aliphatic carbocycles. The van der Waals surface area contributed by atoms with Gasteiger partial charge in [0, 0.05) is 12.5 Å². The summed E-state index contributed by atoms with van der Waals surface area (Å²) in [6.07, 6.45) is 0. The van der Waals surface area contributed by atoms with Gasteiger partial charge in [-0.05, 0) is 0 Å². The van der Waals surface area contributed by atoms with Gasteiger partial charge >= 0.3 is 0 Å². The summed E-state index contributed by atoms with van der Waals surface area (Å²) in [4.78, 5) is 10.8. The zero-order chi connectivity index (χ0) is 8.85. The molecule has 0 aromatic rings. The van der Waals surface area contributed by atoms with Crippen LogP contribution in [-0.2, 0) is 15.9 Å². The number of hydrogen-bond acceptors (Lipinski definition) is 2. The van der Waals surface area contributed by atoms with Crippen molar-refractivity contribution in [2.24, 2.45) is 5.92 Å². The topological polar surface area (TPSA) is 66.4 Å². The van der Waals surface area contributed by atoms with Crippen molar-refractivity contribution in [1.82, 2.24) is 5.32 Å². The van der Waals surface area contributed by atoms with E-state index >= 15 is 0 Å². The summed E-state index contributed by atoms with van der Waals surface area (Å²) < 4.78 is 18.4. The maximum absolute atomic E-state index is 10.8. The first-order valence-corrected chi connectivity index (χ1v) is 4.66. The Balaban J connectivity index is 3.39. The monoisotopic (exact) mass is 179 g/mol. The minimum absolute atomic E-state index is 0.0675. The van der Waals surface area contributed by atoms with Crippen LogP contribution in [0.4, 0.5) is 0 Å². The minimum atomic E-state index is -1.81. The van der Waals surface area contributed by atoms with Crippen molar-refractivity contribution in [2.45, 2.75) is 13.8 Å². The number of rotatable bonds is 4. The van der Waals surface area contributed by atoms with Crippen LogP contribution in [0.25, 0.3) is 0 Å². The van der Waals surface area contributed by atoms with Gasteiger partial charge in [-0.25, -0.2) is 4.21 Å². The third-order valence-electron chi connectivity index (χ3n) is 1.10. The number of hydrogen-bond donors (Lipinski definition) is 2. The van der Waals surface area contributed by atoms with Crippen LogP contribution in [0, 0.1) is 5.92 Å². The summed E-state index contributed by atoms with van der Waals surface area (Å²) in [5.41, 5.74) is 0. The van der Waals surface area contributed by atoms with Gasteiger partial charge in [0.2, 0.25) is 5.91 Å². The van der Waals surface area contributed by atoms with E-state index in [2.05, 4.69) is 5.32 Å². The Hall–Kier alpha value is -0.420. The molecule has 0 aliphatic heterocycles. The normalized spacial score (nSPS) is 13.1. The fraction of sp³-hybridized carbons (Fsp3) is 0.833. The first kappa shape index (κ1) is 10.6. The van der Waals surface area contributed by atoms with Gasteiger partial charge < -0.3 is 9.87 Å². The van der Waals surface area contributed by atoms with Crippen molar-refractivity contribution in [3.8, 4) is 0 Å². The van der Waals surface area contributed by atoms with Crippen LogP contribution in [0.5, 0.6) is 0 Å². The van der Waals surface area contributed by atoms with Crippen LogP contribution in [0.2, 0.25) is 0 Å². The second kappa shape index (κ2) is 5.26. The first-order valence-electron chi connectivity index (χ1n) is 3.39. The number of carbonyl (C=O) groups excluding carboxylic acids is 1. The number of nitrogens with one attached hydrogen (secondary N) is 1. The zero-order valence-electron chi connectivity index (χ0n) is 6.66. The Morgan fingerprint density at radius 1 is 1.64 bits per heavy atom. The Morgan fingerprint density at radius 2 is 2.18 bits per heavy atom. The molecule has 66 valence electrons. The van der Waals surface area contributed by atoms with E-state index in [1.54, 1.807) is 13.8 Å². The maximum Gasteiger partial charge on any atom is 0.222 e. The van der Waals surface area contributed by atoms with Crippen LogP contribution < -0.4 is 5.32 Å². The smallest absolute Gasteiger partial charge is 0.222 e. The van der Waals surface area contributed by atoms with Crippen molar-refractivity contribution >= 4 is 17.0 Å². The predicted octanol–water partition coefficient (Wildman–Crippen LogP) is -0.0197. The predicted molar refractivity (Wildman–Crippen MR) is 43.5 cm³/mol. The summed E-state index contributed by atoms with van der Waals surface area (Å²) in [6, 6.07) is 0. The number of amides is 1. The van der Waals surface area contributed by atoms with E-state index < -0.39 is 11.1 Å². The van der Waals surface area contributed by atoms with Gasteiger partial charge in [0.05, 0.1) is 5.75 Å². The first-order chi connectivity index (χ1) is 5.04. The van der Waals surface area contributed by atoms with Gasteiger partial charge in [-0.3, -0.25) is 4.79 Å². The Labute approximate surface area is 68.7 Å². The molecule has 0 saturated heterocycles. The van der Waals surface area contributed by atoms with Gasteiger partial charge in [-0.1, -0.05) is 13.8 Å². The van der Waals surface area contributed by atoms with Crippen molar-refractivity contribution in [3.05, 3.63) is 0 Å². The lowest BCUT2D eigenvalue weighted by Crippen LogP contribution is -2.30. The molecule has 2 N–H and O–H groups in total. The second-order valence-electron chi connectivity index (χ2n) is 2.47. The lowest BCUT2D eigenvalue weighted by Gasteiger charge is -2.04. The van der Waals surface area contributed by atoms with Crippen LogP contribution in [-0.4, -0.2) is 27.0 Å². The molecule has 1 atom stereocenters. The van der Waals surface area contributed by atoms with Crippen molar-refractivity contribution in [2.75, 3.05) is 12.3 Å². The fourth-order valence-corrected chi connectivity index (χ4v) is 0.742. The van der Waals surface area contributed by atoms with E-state index in [0.29, 0.717) is 0 Å². The van der Waals surface area contributed by atoms with Crippen LogP contribution in [0.3, 0.4) is 0 Å². The fourth-order valence-electron chi connectivity index (χ4n) is 0.466. The lowest BCUT2D eigenvalue weighted by atomic mass is 10.2. The standard InChI is InChI=1S/C6H13NO3S/c1-5(2)6(8)7-3-4-11(9)10/h5H,3-4H2,1-2H3,(H,7,8)(H,9,10). The van der Waals surface area contributed by atoms with E-state index in [1.165, 1.54) is 0 Å². The third-order valence-corrected chi connectivity index (χ3v) is 1.65. The average Bonchev–Trinajstić information content (AvgIpc) is 1.86. The summed E-state index contributed by atoms with van der Waals surface area (Å²) in [5.74, 6) is -0.0593. The highest BCUT2D eigenvalue weighted by Crippen LogP contribution is 1.89. The molecule has 5 heteroatoms. The summed E-state index contributed by atoms with van der Waals surface area (Å²) in [5, 5.41) is 2.52. The average molecular weight is 179 g/mol. The van der Waals surface area contributed by atoms with Crippen LogP contribution in [0.1, 0.15) is 13.8 Å². The van der Waals surface area contributed by atoms with E-state index in [-0.39, 0.29) is 24.1 Å². The molecule has 4 nitrogen and oxygen atoms in total. The van der Waals surface area contributed by atoms with Gasteiger partial charge in [0.15, 0.2) is 11.1 Å². The second-order valence-corrected chi connectivity index (χ2v) is 3.52. The Morgan fingerprint density at radius 3 is 2.55 bits per heavy atom. The molecule has 0 radical (unpaired) electrons. The van der Waals surface area contributed by atoms with E-state index in [1.807, 2.05) is 0 Å². The van der Waals surface area contributed by atoms with Crippen LogP contribution >= 0.6 is 0 Å². The van der Waals surface area contributed by atoms with E-state index in [0.717, 1.165) is 0 Å². The van der Waals surface area contributed by atoms with Gasteiger partial charge in [-0.15, -0.1) is 0 Å². The highest BCUT2D eigenvalue weighted by molar-refractivity contribution is 7.79. The van der Waals surface area contributed by atoms with Crippen molar-refractivity contribution < 1.29 is 13.6 Å². The van der Waals surface area contributed by atoms with Crippen LogP contribution in [0.15, 0.2) is 0 Å². The molecule has 0 aliphatic rings. The molecule has 0 aromatic heterocycles. The van der Waals surface area contributed by atoms with Crippen molar-refractivity contribution in [3.63, 3.8) is 0 Å². The molecule has 0 bridgehead atoms. The van der Waals surface area contributed by atoms with Gasteiger partial charge in [0.1, 0.15) is 0 Å². The molecule has 0 saturated carbocycles. The Kier molecular flexibility index (Phi) is 5.06. The maximum atomic E-state index is 10.8. The molecular weight excluding hydrogens is 166 g/mol. The van der Waals surface area contributed by atoms with E-state index in [9.17, 15) is 9.00 Å². The summed E-state index contributed by atoms with van der Waals surface area (Å²) in [6.45, 7) is 3.80. The molecule has 11 heavy (non-hydrogen) atoms. The highest BCUT2D eigenvalue weighted by Gasteiger charge is 2.05. The summed E-state index contributed by atoms with van der Waals surface area (Å²) in [7, 11) is 0. The van der Waals surface area contributed by atoms with E-state index in [4.69, 9.17) is 4.55 Å². The molecular formula is C6H13NO3S. The Bertz CT molecular complexity index is 158. The lowest BCUT2D eigenvalue weighted by molar-refractivity contribution is -0.123. The van der Waals surface area contributed by atoms with Crippen molar-refractivity contribution in [1.29, 1.82) is 0 Å². The zero-order valence-corrected chi connectivity index (χ0v) is 7.48.